The van der Waals surface area contributed by atoms with Crippen molar-refractivity contribution < 1.29 is 27.9 Å². The molecule has 0 aliphatic heterocycles. The molecular formula is C52H42N6O2+4. The Hall–Kier alpha value is -8.07. The molecule has 0 saturated heterocycles. The van der Waals surface area contributed by atoms with Crippen molar-refractivity contribution in [3.63, 3.8) is 0 Å². The lowest BCUT2D eigenvalue weighted by Crippen LogP contribution is -2.29. The third-order valence-corrected chi connectivity index (χ3v) is 10.3. The fourth-order valence-corrected chi connectivity index (χ4v) is 7.05. The Morgan fingerprint density at radius 2 is 0.800 bits per heavy atom. The van der Waals surface area contributed by atoms with Crippen molar-refractivity contribution in [3.05, 3.63) is 243 Å². The van der Waals surface area contributed by atoms with E-state index in [9.17, 15) is 4.79 Å². The molecule has 8 heteroatoms. The zero-order valence-electron chi connectivity index (χ0n) is 32.8. The molecule has 4 heterocycles. The Bertz CT molecular complexity index is 2850. The lowest BCUT2D eigenvalue weighted by atomic mass is 10.1. The minimum atomic E-state index is -0.196. The minimum Gasteiger partial charge on any atom is -0.322 e. The van der Waals surface area contributed by atoms with Crippen LogP contribution < -0.4 is 29.1 Å². The maximum Gasteiger partial charge on any atom is 0.255 e. The first-order valence-electron chi connectivity index (χ1n) is 19.8. The number of hydrogen-bond donors (Lipinski definition) is 2. The molecule has 2 N–H and O–H groups in total. The van der Waals surface area contributed by atoms with Crippen LogP contribution in [-0.2, 0) is 11.4 Å². The number of hydrogen-bond acceptors (Lipinski definition) is 3. The number of rotatable bonds is 12. The maximum atomic E-state index is 13.4. The lowest BCUT2D eigenvalue weighted by molar-refractivity contribution is -0.596. The summed E-state index contributed by atoms with van der Waals surface area (Å²) >= 11 is 0. The Kier molecular flexibility index (Phi) is 11.0. The number of para-hydroxylation sites is 2. The highest BCUT2D eigenvalue weighted by Gasteiger charge is 2.14. The summed E-state index contributed by atoms with van der Waals surface area (Å²) in [6.07, 6.45) is 16.5. The van der Waals surface area contributed by atoms with Gasteiger partial charge >= 0.3 is 0 Å². The highest BCUT2D eigenvalue weighted by molar-refractivity contribution is 6.04. The highest BCUT2D eigenvalue weighted by Crippen LogP contribution is 2.20. The smallest absolute Gasteiger partial charge is 0.255 e. The molecule has 8 nitrogen and oxygen atoms in total. The summed E-state index contributed by atoms with van der Waals surface area (Å²) in [4.78, 5) is 19.3. The molecule has 0 radical (unpaired) electrons. The highest BCUT2D eigenvalue weighted by atomic mass is 16.6. The number of carbonyl (C=O) groups is 1. The van der Waals surface area contributed by atoms with Gasteiger partial charge in [-0.1, -0.05) is 60.7 Å². The Labute approximate surface area is 349 Å². The number of nitrogens with zero attached hydrogens (tertiary/aromatic N) is 4. The number of pyridine rings is 4. The van der Waals surface area contributed by atoms with Crippen LogP contribution in [0.3, 0.4) is 0 Å². The van der Waals surface area contributed by atoms with Crippen LogP contribution in [0.1, 0.15) is 15.9 Å². The zero-order chi connectivity index (χ0) is 40.5. The van der Waals surface area contributed by atoms with Crippen LogP contribution in [0.4, 0.5) is 11.4 Å². The molecule has 5 aromatic carbocycles. The van der Waals surface area contributed by atoms with Gasteiger partial charge in [0.2, 0.25) is 22.7 Å². The van der Waals surface area contributed by atoms with Gasteiger partial charge in [0.05, 0.1) is 12.3 Å². The van der Waals surface area contributed by atoms with Gasteiger partial charge in [0.25, 0.3) is 5.91 Å². The van der Waals surface area contributed by atoms with E-state index in [0.717, 1.165) is 56.3 Å². The van der Waals surface area contributed by atoms with E-state index in [2.05, 4.69) is 141 Å². The van der Waals surface area contributed by atoms with Crippen molar-refractivity contribution in [2.45, 2.75) is 6.61 Å². The van der Waals surface area contributed by atoms with E-state index in [1.807, 2.05) is 114 Å². The Morgan fingerprint density at radius 1 is 0.400 bits per heavy atom. The number of benzene rings is 5. The van der Waals surface area contributed by atoms with E-state index in [-0.39, 0.29) is 12.5 Å². The summed E-state index contributed by atoms with van der Waals surface area (Å²) in [5.74, 6) is -0.196. The molecular weight excluding hydrogens is 741 g/mol. The lowest BCUT2D eigenvalue weighted by Gasteiger charge is -2.09. The SMILES string of the molecule is O=C(Nc1cccc(-[n+]2ccc(-c3cc[n+](-c4ccccc4)cc3)cc2)c1)c1cccc(CONc2cccc(-[n+]3ccc(-c4cc[n+](-c5ccccc5)cc4)cc3)c2)c1. The summed E-state index contributed by atoms with van der Waals surface area (Å²) < 4.78 is 8.31. The molecule has 0 saturated carbocycles. The quantitative estimate of drug-likeness (QED) is 0.0962. The summed E-state index contributed by atoms with van der Waals surface area (Å²) in [5, 5.41) is 3.06. The molecule has 0 aliphatic rings. The predicted octanol–water partition coefficient (Wildman–Crippen LogP) is 8.92. The number of aromatic nitrogens is 4. The molecule has 0 unspecified atom stereocenters. The topological polar surface area (TPSA) is 65.9 Å². The van der Waals surface area contributed by atoms with E-state index in [1.54, 1.807) is 6.07 Å². The second-order valence-electron chi connectivity index (χ2n) is 14.3. The molecule has 0 fully saturated rings. The van der Waals surface area contributed by atoms with E-state index < -0.39 is 0 Å². The summed E-state index contributed by atoms with van der Waals surface area (Å²) in [7, 11) is 0. The summed E-state index contributed by atoms with van der Waals surface area (Å²) in [5.41, 5.74) is 14.7. The number of amides is 1. The molecule has 0 aliphatic carbocycles. The largest absolute Gasteiger partial charge is 0.322 e. The predicted molar refractivity (Wildman–Crippen MR) is 233 cm³/mol. The van der Waals surface area contributed by atoms with Crippen LogP contribution in [0, 0.1) is 0 Å². The number of nitrogens with one attached hydrogen (secondary N) is 2. The monoisotopic (exact) mass is 782 g/mol. The van der Waals surface area contributed by atoms with E-state index in [0.29, 0.717) is 11.3 Å². The van der Waals surface area contributed by atoms with Crippen molar-refractivity contribution in [2.24, 2.45) is 0 Å². The van der Waals surface area contributed by atoms with Crippen LogP contribution >= 0.6 is 0 Å². The van der Waals surface area contributed by atoms with Crippen molar-refractivity contribution in [3.8, 4) is 45.0 Å². The van der Waals surface area contributed by atoms with Gasteiger partial charge in [-0.05, 0) is 52.1 Å². The molecule has 0 spiro atoms. The van der Waals surface area contributed by atoms with Crippen LogP contribution in [0.15, 0.2) is 232 Å². The van der Waals surface area contributed by atoms with Gasteiger partial charge in [-0.2, -0.15) is 18.3 Å². The molecule has 9 rings (SSSR count). The standard InChI is InChI=1S/C52H41N6O2/c59-52(53-46-12-8-18-50(37-46)57-32-24-43(25-33-57)41-20-28-55(29-21-41)48-14-3-1-4-15-48)45-11-7-10-40(36-45)39-60-54-47-13-9-19-51(38-47)58-34-26-44(27-35-58)42-22-30-56(31-23-42)49-16-5-2-6-17-49/h1-38,54H,39H2/q+3/p+1. The zero-order valence-corrected chi connectivity index (χ0v) is 32.8. The van der Waals surface area contributed by atoms with Gasteiger partial charge in [0.1, 0.15) is 0 Å². The molecule has 9 aromatic rings. The third-order valence-electron chi connectivity index (χ3n) is 10.3. The minimum absolute atomic E-state index is 0.196. The number of carbonyl (C=O) groups excluding carboxylic acids is 1. The van der Waals surface area contributed by atoms with Crippen molar-refractivity contribution >= 4 is 17.3 Å². The first-order valence-corrected chi connectivity index (χ1v) is 19.8. The molecule has 60 heavy (non-hydrogen) atoms. The Morgan fingerprint density at radius 3 is 1.28 bits per heavy atom. The fraction of sp³-hybridized carbons (Fsp3) is 0.0192. The van der Waals surface area contributed by atoms with Crippen molar-refractivity contribution in [1.29, 1.82) is 0 Å². The molecule has 0 bridgehead atoms. The molecule has 4 aromatic heterocycles. The van der Waals surface area contributed by atoms with Crippen molar-refractivity contribution in [1.82, 2.24) is 0 Å². The van der Waals surface area contributed by atoms with E-state index >= 15 is 0 Å². The second kappa shape index (κ2) is 17.6. The van der Waals surface area contributed by atoms with Crippen LogP contribution in [0.2, 0.25) is 0 Å². The maximum absolute atomic E-state index is 13.4. The van der Waals surface area contributed by atoms with Crippen LogP contribution in [0.5, 0.6) is 0 Å². The third kappa shape index (κ3) is 8.89. The van der Waals surface area contributed by atoms with E-state index in [1.165, 1.54) is 0 Å². The molecule has 0 atom stereocenters. The van der Waals surface area contributed by atoms with Gasteiger partial charge < -0.3 is 5.32 Å². The van der Waals surface area contributed by atoms with Gasteiger partial charge in [-0.25, -0.2) is 0 Å². The number of anilines is 2. The molecule has 288 valence electrons. The average Bonchev–Trinajstić information content (AvgIpc) is 3.33. The molecule has 1 amide bonds. The van der Waals surface area contributed by atoms with Gasteiger partial charge in [-0.3, -0.25) is 15.1 Å². The first kappa shape index (κ1) is 37.5. The van der Waals surface area contributed by atoms with Gasteiger partial charge in [0.15, 0.2) is 49.6 Å². The summed E-state index contributed by atoms with van der Waals surface area (Å²) in [6.45, 7) is 0.270. The second-order valence-corrected chi connectivity index (χ2v) is 14.3. The van der Waals surface area contributed by atoms with Gasteiger partial charge in [-0.15, -0.1) is 0 Å². The van der Waals surface area contributed by atoms with Crippen LogP contribution in [0.25, 0.3) is 45.0 Å². The fourth-order valence-electron chi connectivity index (χ4n) is 7.05. The van der Waals surface area contributed by atoms with Gasteiger partial charge in [0, 0.05) is 108 Å². The van der Waals surface area contributed by atoms with Crippen molar-refractivity contribution in [2.75, 3.05) is 10.8 Å². The average molecular weight is 783 g/mol. The van der Waals surface area contributed by atoms with Crippen LogP contribution in [-0.4, -0.2) is 5.91 Å². The normalized spacial score (nSPS) is 10.9. The first-order chi connectivity index (χ1) is 29.6. The Balaban J connectivity index is 0.785. The van der Waals surface area contributed by atoms with E-state index in [4.69, 9.17) is 4.84 Å². The summed E-state index contributed by atoms with van der Waals surface area (Å²) in [6, 6.07) is 60.7.